The van der Waals surface area contributed by atoms with Crippen molar-refractivity contribution in [2.45, 2.75) is 0 Å². The van der Waals surface area contributed by atoms with Gasteiger partial charge in [0.05, 0.1) is 6.21 Å². The zero-order valence-electron chi connectivity index (χ0n) is 10.7. The molecule has 0 aliphatic heterocycles. The third kappa shape index (κ3) is 2.63. The van der Waals surface area contributed by atoms with Gasteiger partial charge in [-0.1, -0.05) is 35.9 Å². The normalized spacial score (nSPS) is 11.1. The summed E-state index contributed by atoms with van der Waals surface area (Å²) in [5.41, 5.74) is 5.87. The summed E-state index contributed by atoms with van der Waals surface area (Å²) in [4.78, 5) is 3.22. The summed E-state index contributed by atoms with van der Waals surface area (Å²) in [6.07, 6.45) is 3.61. The average Bonchev–Trinajstić information content (AvgIpc) is 2.49. The van der Waals surface area contributed by atoms with Gasteiger partial charge in [0.1, 0.15) is 5.69 Å². The number of hydrogen-bond donors (Lipinski definition) is 1. The van der Waals surface area contributed by atoms with Gasteiger partial charge in [0.15, 0.2) is 6.20 Å². The standard InChI is InChI=1S/C16H12ClN3/c17-14-8-2-1-5-13(14)11-19-20-15-9-3-6-12-7-4-10-18-16(12)15/h1-11,20H/p+1. The van der Waals surface area contributed by atoms with E-state index in [9.17, 15) is 0 Å². The number of nitrogens with zero attached hydrogens (tertiary/aromatic N) is 1. The minimum Gasteiger partial charge on any atom is -0.272 e. The van der Waals surface area contributed by atoms with Crippen molar-refractivity contribution in [3.05, 3.63) is 71.4 Å². The van der Waals surface area contributed by atoms with E-state index in [-0.39, 0.29) is 0 Å². The molecule has 0 saturated heterocycles. The Kier molecular flexibility index (Phi) is 3.61. The van der Waals surface area contributed by atoms with Crippen LogP contribution >= 0.6 is 11.6 Å². The summed E-state index contributed by atoms with van der Waals surface area (Å²) in [5.74, 6) is 0. The molecule has 0 atom stereocenters. The zero-order valence-corrected chi connectivity index (χ0v) is 11.4. The van der Waals surface area contributed by atoms with Crippen LogP contribution in [0.2, 0.25) is 5.02 Å². The predicted octanol–water partition coefficient (Wildman–Crippen LogP) is 3.75. The number of para-hydroxylation sites is 1. The van der Waals surface area contributed by atoms with E-state index < -0.39 is 0 Å². The van der Waals surface area contributed by atoms with Crippen LogP contribution in [0.3, 0.4) is 0 Å². The highest BCUT2D eigenvalue weighted by molar-refractivity contribution is 6.33. The predicted molar refractivity (Wildman–Crippen MR) is 83.2 cm³/mol. The lowest BCUT2D eigenvalue weighted by molar-refractivity contribution is -0.344. The Bertz CT molecular complexity index is 763. The van der Waals surface area contributed by atoms with Crippen molar-refractivity contribution in [3.8, 4) is 0 Å². The van der Waals surface area contributed by atoms with E-state index in [0.29, 0.717) is 5.02 Å². The number of fused-ring (bicyclic) bond motifs is 1. The molecule has 0 aliphatic carbocycles. The second-order valence-corrected chi connectivity index (χ2v) is 4.74. The average molecular weight is 283 g/mol. The fraction of sp³-hybridized carbons (Fsp3) is 0. The van der Waals surface area contributed by atoms with Crippen molar-refractivity contribution in [2.24, 2.45) is 5.10 Å². The topological polar surface area (TPSA) is 38.5 Å². The molecule has 20 heavy (non-hydrogen) atoms. The number of hydrogen-bond acceptors (Lipinski definition) is 2. The molecule has 3 nitrogen and oxygen atoms in total. The number of hydrazone groups is 1. The molecule has 0 amide bonds. The van der Waals surface area contributed by atoms with E-state index in [1.54, 1.807) is 6.21 Å². The van der Waals surface area contributed by atoms with Crippen molar-refractivity contribution < 1.29 is 4.98 Å². The highest BCUT2D eigenvalue weighted by Gasteiger charge is 2.04. The molecule has 0 aliphatic rings. The summed E-state index contributed by atoms with van der Waals surface area (Å²) >= 11 is 6.08. The van der Waals surface area contributed by atoms with E-state index in [1.165, 1.54) is 0 Å². The van der Waals surface area contributed by atoms with E-state index >= 15 is 0 Å². The van der Waals surface area contributed by atoms with Crippen LogP contribution in [-0.4, -0.2) is 6.21 Å². The van der Waals surface area contributed by atoms with Crippen LogP contribution in [0.4, 0.5) is 5.69 Å². The highest BCUT2D eigenvalue weighted by atomic mass is 35.5. The van der Waals surface area contributed by atoms with Gasteiger partial charge in [-0.2, -0.15) is 5.10 Å². The molecular formula is C16H13ClN3+. The lowest BCUT2D eigenvalue weighted by Crippen LogP contribution is -2.04. The van der Waals surface area contributed by atoms with Crippen molar-refractivity contribution in [1.82, 2.24) is 0 Å². The van der Waals surface area contributed by atoms with Gasteiger partial charge in [0.25, 0.3) is 0 Å². The summed E-state index contributed by atoms with van der Waals surface area (Å²) in [7, 11) is 0. The fourth-order valence-electron chi connectivity index (χ4n) is 2.00. The number of aromatic amines is 1. The first-order chi connectivity index (χ1) is 9.84. The van der Waals surface area contributed by atoms with Crippen LogP contribution in [0.1, 0.15) is 5.56 Å². The molecule has 2 N–H and O–H groups in total. The number of rotatable bonds is 3. The van der Waals surface area contributed by atoms with Crippen LogP contribution in [0.5, 0.6) is 0 Å². The fourth-order valence-corrected chi connectivity index (χ4v) is 2.18. The van der Waals surface area contributed by atoms with Gasteiger partial charge in [-0.25, -0.2) is 4.98 Å². The third-order valence-electron chi connectivity index (χ3n) is 2.99. The Morgan fingerprint density at radius 3 is 2.75 bits per heavy atom. The number of pyridine rings is 1. The molecule has 4 heteroatoms. The van der Waals surface area contributed by atoms with Crippen LogP contribution < -0.4 is 10.4 Å². The van der Waals surface area contributed by atoms with Crippen LogP contribution in [0.25, 0.3) is 10.9 Å². The first kappa shape index (κ1) is 12.6. The van der Waals surface area contributed by atoms with Gasteiger partial charge < -0.3 is 0 Å². The van der Waals surface area contributed by atoms with Gasteiger partial charge in [0, 0.05) is 22.0 Å². The van der Waals surface area contributed by atoms with Gasteiger partial charge in [0.2, 0.25) is 5.52 Å². The molecule has 3 aromatic rings. The molecule has 1 heterocycles. The van der Waals surface area contributed by atoms with Crippen LogP contribution in [-0.2, 0) is 0 Å². The molecule has 0 saturated carbocycles. The number of benzene rings is 2. The molecular weight excluding hydrogens is 270 g/mol. The number of nitrogens with one attached hydrogen (secondary N) is 2. The Hall–Kier alpha value is -2.39. The van der Waals surface area contributed by atoms with Gasteiger partial charge in [-0.05, 0) is 24.3 Å². The second-order valence-electron chi connectivity index (χ2n) is 4.33. The maximum absolute atomic E-state index is 6.08. The molecule has 2 aromatic carbocycles. The summed E-state index contributed by atoms with van der Waals surface area (Å²) in [6, 6.07) is 17.6. The maximum Gasteiger partial charge on any atom is 0.236 e. The van der Waals surface area contributed by atoms with Crippen molar-refractivity contribution in [2.75, 3.05) is 5.43 Å². The van der Waals surface area contributed by atoms with E-state index in [0.717, 1.165) is 22.2 Å². The molecule has 1 aromatic heterocycles. The minimum absolute atomic E-state index is 0.683. The molecule has 0 bridgehead atoms. The van der Waals surface area contributed by atoms with Gasteiger partial charge >= 0.3 is 0 Å². The smallest absolute Gasteiger partial charge is 0.236 e. The van der Waals surface area contributed by atoms with Gasteiger partial charge in [-0.15, -0.1) is 0 Å². The minimum atomic E-state index is 0.683. The third-order valence-corrected chi connectivity index (χ3v) is 3.33. The number of halogens is 1. The molecule has 0 spiro atoms. The van der Waals surface area contributed by atoms with E-state index in [1.807, 2.05) is 48.7 Å². The summed E-state index contributed by atoms with van der Waals surface area (Å²) in [5, 5.41) is 6.06. The Morgan fingerprint density at radius 1 is 1.00 bits per heavy atom. The van der Waals surface area contributed by atoms with Crippen LogP contribution in [0, 0.1) is 0 Å². The first-order valence-electron chi connectivity index (χ1n) is 6.27. The molecule has 98 valence electrons. The van der Waals surface area contributed by atoms with Gasteiger partial charge in [-0.3, -0.25) is 5.43 Å². The Balaban J connectivity index is 1.86. The number of anilines is 1. The maximum atomic E-state index is 6.08. The molecule has 0 unspecified atom stereocenters. The molecule has 0 radical (unpaired) electrons. The van der Waals surface area contributed by atoms with E-state index in [4.69, 9.17) is 11.6 Å². The second kappa shape index (κ2) is 5.72. The lowest BCUT2D eigenvalue weighted by Gasteiger charge is -2.01. The zero-order chi connectivity index (χ0) is 13.8. The molecule has 0 fully saturated rings. The summed E-state index contributed by atoms with van der Waals surface area (Å²) in [6.45, 7) is 0. The molecule has 3 rings (SSSR count). The van der Waals surface area contributed by atoms with Crippen LogP contribution in [0.15, 0.2) is 65.9 Å². The monoisotopic (exact) mass is 282 g/mol. The van der Waals surface area contributed by atoms with Crippen molar-refractivity contribution in [1.29, 1.82) is 0 Å². The van der Waals surface area contributed by atoms with Crippen molar-refractivity contribution >= 4 is 34.4 Å². The highest BCUT2D eigenvalue weighted by Crippen LogP contribution is 2.18. The quantitative estimate of drug-likeness (QED) is 0.577. The lowest BCUT2D eigenvalue weighted by atomic mass is 10.2. The number of aromatic nitrogens is 1. The first-order valence-corrected chi connectivity index (χ1v) is 6.65. The Labute approximate surface area is 121 Å². The largest absolute Gasteiger partial charge is 0.272 e. The Morgan fingerprint density at radius 2 is 1.85 bits per heavy atom. The van der Waals surface area contributed by atoms with E-state index in [2.05, 4.69) is 27.6 Å². The summed E-state index contributed by atoms with van der Waals surface area (Å²) < 4.78 is 0. The number of H-pyrrole nitrogens is 1. The van der Waals surface area contributed by atoms with Crippen molar-refractivity contribution in [3.63, 3.8) is 0 Å². The SMILES string of the molecule is Clc1ccccc1C=NNc1cccc2ccc[nH+]c12.